The molecule has 1 fully saturated rings. The van der Waals surface area contributed by atoms with Crippen molar-refractivity contribution >= 4 is 46.3 Å². The van der Waals surface area contributed by atoms with E-state index in [1.807, 2.05) is 41.4 Å². The van der Waals surface area contributed by atoms with Gasteiger partial charge in [0.2, 0.25) is 0 Å². The van der Waals surface area contributed by atoms with Gasteiger partial charge in [0.25, 0.3) is 5.91 Å². The normalized spacial score (nSPS) is 13.9. The fourth-order valence-electron chi connectivity index (χ4n) is 3.65. The smallest absolute Gasteiger partial charge is 0.252 e. The maximum atomic E-state index is 12.7. The lowest BCUT2D eigenvalue weighted by molar-refractivity contribution is 0.0949. The first kappa shape index (κ1) is 21.0. The Morgan fingerprint density at radius 2 is 2.00 bits per heavy atom. The number of nitrogens with zero attached hydrogens (tertiary/aromatic N) is 5. The summed E-state index contributed by atoms with van der Waals surface area (Å²) < 4.78 is 1.86. The number of aromatic nitrogens is 4. The SMILES string of the molecule is CCSc1ccccc1C(=O)NCCn1ncc2c(N3CCCC3)nc(SC)nc21. The van der Waals surface area contributed by atoms with Crippen LogP contribution in [0, 0.1) is 0 Å². The maximum Gasteiger partial charge on any atom is 0.252 e. The molecule has 9 heteroatoms. The van der Waals surface area contributed by atoms with Crippen LogP contribution in [0.1, 0.15) is 30.1 Å². The van der Waals surface area contributed by atoms with Crippen LogP contribution in [0.25, 0.3) is 11.0 Å². The molecule has 0 unspecified atom stereocenters. The summed E-state index contributed by atoms with van der Waals surface area (Å²) >= 11 is 3.22. The van der Waals surface area contributed by atoms with E-state index in [1.54, 1.807) is 11.8 Å². The van der Waals surface area contributed by atoms with Crippen LogP contribution in [0.2, 0.25) is 0 Å². The van der Waals surface area contributed by atoms with Crippen molar-refractivity contribution in [2.45, 2.75) is 36.4 Å². The van der Waals surface area contributed by atoms with Crippen molar-refractivity contribution in [3.05, 3.63) is 36.0 Å². The first-order chi connectivity index (χ1) is 14.7. The number of rotatable bonds is 8. The molecule has 0 bridgehead atoms. The van der Waals surface area contributed by atoms with Gasteiger partial charge in [-0.2, -0.15) is 5.10 Å². The quantitative estimate of drug-likeness (QED) is 0.421. The molecule has 2 aromatic heterocycles. The van der Waals surface area contributed by atoms with Crippen LogP contribution in [-0.2, 0) is 6.54 Å². The van der Waals surface area contributed by atoms with Gasteiger partial charge in [0.15, 0.2) is 10.8 Å². The van der Waals surface area contributed by atoms with Crippen molar-refractivity contribution in [2.24, 2.45) is 0 Å². The van der Waals surface area contributed by atoms with E-state index in [9.17, 15) is 4.79 Å². The van der Waals surface area contributed by atoms with E-state index in [0.29, 0.717) is 13.1 Å². The van der Waals surface area contributed by atoms with Gasteiger partial charge in [-0.3, -0.25) is 4.79 Å². The summed E-state index contributed by atoms with van der Waals surface area (Å²) in [7, 11) is 0. The fraction of sp³-hybridized carbons (Fsp3) is 0.429. The van der Waals surface area contributed by atoms with Gasteiger partial charge in [0.05, 0.1) is 23.7 Å². The largest absolute Gasteiger partial charge is 0.356 e. The van der Waals surface area contributed by atoms with E-state index in [2.05, 4.69) is 27.2 Å². The molecule has 1 aromatic carbocycles. The number of carbonyl (C=O) groups excluding carboxylic acids is 1. The number of anilines is 1. The third-order valence-electron chi connectivity index (χ3n) is 5.08. The molecule has 1 amide bonds. The van der Waals surface area contributed by atoms with Crippen LogP contribution in [0.15, 0.2) is 40.5 Å². The number of amides is 1. The zero-order chi connectivity index (χ0) is 20.9. The maximum absolute atomic E-state index is 12.7. The second-order valence-corrected chi connectivity index (χ2v) is 9.10. The third kappa shape index (κ3) is 4.41. The van der Waals surface area contributed by atoms with Gasteiger partial charge in [-0.15, -0.1) is 11.8 Å². The van der Waals surface area contributed by atoms with Crippen LogP contribution >= 0.6 is 23.5 Å². The lowest BCUT2D eigenvalue weighted by atomic mass is 10.2. The fourth-order valence-corrected chi connectivity index (χ4v) is 4.81. The van der Waals surface area contributed by atoms with E-state index in [-0.39, 0.29) is 5.91 Å². The molecule has 1 aliphatic heterocycles. The zero-order valence-corrected chi connectivity index (χ0v) is 18.9. The minimum absolute atomic E-state index is 0.0554. The first-order valence-electron chi connectivity index (χ1n) is 10.2. The van der Waals surface area contributed by atoms with Gasteiger partial charge >= 0.3 is 0 Å². The highest BCUT2D eigenvalue weighted by atomic mass is 32.2. The highest BCUT2D eigenvalue weighted by Gasteiger charge is 2.20. The van der Waals surface area contributed by atoms with Gasteiger partial charge in [-0.25, -0.2) is 14.6 Å². The molecule has 3 aromatic rings. The molecule has 0 atom stereocenters. The Morgan fingerprint density at radius 3 is 2.77 bits per heavy atom. The lowest BCUT2D eigenvalue weighted by Gasteiger charge is -2.17. The van der Waals surface area contributed by atoms with Crippen molar-refractivity contribution < 1.29 is 4.79 Å². The third-order valence-corrected chi connectivity index (χ3v) is 6.59. The molecule has 7 nitrogen and oxygen atoms in total. The lowest BCUT2D eigenvalue weighted by Crippen LogP contribution is -2.28. The molecular weight excluding hydrogens is 416 g/mol. The Bertz CT molecular complexity index is 1030. The number of benzene rings is 1. The highest BCUT2D eigenvalue weighted by molar-refractivity contribution is 7.99. The minimum Gasteiger partial charge on any atom is -0.356 e. The summed E-state index contributed by atoms with van der Waals surface area (Å²) in [6.45, 7) is 5.18. The molecule has 4 rings (SSSR count). The molecule has 0 saturated carbocycles. The number of hydrogen-bond acceptors (Lipinski definition) is 7. The van der Waals surface area contributed by atoms with Crippen molar-refractivity contribution in [1.82, 2.24) is 25.1 Å². The predicted molar refractivity (Wildman–Crippen MR) is 124 cm³/mol. The second-order valence-electron chi connectivity index (χ2n) is 7.02. The zero-order valence-electron chi connectivity index (χ0n) is 17.3. The summed E-state index contributed by atoms with van der Waals surface area (Å²) in [5, 5.41) is 9.30. The molecule has 158 valence electrons. The molecule has 30 heavy (non-hydrogen) atoms. The van der Waals surface area contributed by atoms with Crippen molar-refractivity contribution in [1.29, 1.82) is 0 Å². The van der Waals surface area contributed by atoms with Crippen molar-refractivity contribution in [3.8, 4) is 0 Å². The van der Waals surface area contributed by atoms with Crippen LogP contribution in [0.5, 0.6) is 0 Å². The Morgan fingerprint density at radius 1 is 1.20 bits per heavy atom. The van der Waals surface area contributed by atoms with E-state index in [1.165, 1.54) is 24.6 Å². The van der Waals surface area contributed by atoms with Crippen LogP contribution in [-0.4, -0.2) is 57.3 Å². The molecule has 1 N–H and O–H groups in total. The standard InChI is InChI=1S/C21H26N6OS2/c1-3-30-17-9-5-4-8-15(17)20(28)22-10-13-27-19-16(14-23-27)18(24-21(25-19)29-2)26-11-6-7-12-26/h4-5,8-9,14H,3,6-7,10-13H2,1-2H3,(H,22,28). The van der Waals surface area contributed by atoms with E-state index in [0.717, 1.165) is 51.3 Å². The second kappa shape index (κ2) is 9.70. The minimum atomic E-state index is -0.0554. The number of fused-ring (bicyclic) bond motifs is 1. The summed E-state index contributed by atoms with van der Waals surface area (Å²) in [6.07, 6.45) is 6.22. The monoisotopic (exact) mass is 442 g/mol. The Labute approximate surface area is 185 Å². The average Bonchev–Trinajstić information content (AvgIpc) is 3.44. The number of carbonyl (C=O) groups is 1. The molecule has 3 heterocycles. The van der Waals surface area contributed by atoms with Gasteiger partial charge in [0, 0.05) is 24.5 Å². The molecular formula is C21H26N6OS2. The summed E-state index contributed by atoms with van der Waals surface area (Å²) in [4.78, 5) is 25.4. The van der Waals surface area contributed by atoms with E-state index >= 15 is 0 Å². The molecule has 0 aliphatic carbocycles. The van der Waals surface area contributed by atoms with E-state index in [4.69, 9.17) is 4.98 Å². The topological polar surface area (TPSA) is 75.9 Å². The van der Waals surface area contributed by atoms with Crippen molar-refractivity contribution in [2.75, 3.05) is 36.5 Å². The average molecular weight is 443 g/mol. The molecule has 1 saturated heterocycles. The van der Waals surface area contributed by atoms with Gasteiger partial charge in [-0.05, 0) is 37.0 Å². The highest BCUT2D eigenvalue weighted by Crippen LogP contribution is 2.28. The molecule has 0 radical (unpaired) electrons. The Balaban J connectivity index is 1.49. The first-order valence-corrected chi connectivity index (χ1v) is 12.4. The summed E-state index contributed by atoms with van der Waals surface area (Å²) in [5.74, 6) is 1.85. The predicted octanol–water partition coefficient (Wildman–Crippen LogP) is 3.69. The Kier molecular flexibility index (Phi) is 6.79. The van der Waals surface area contributed by atoms with Crippen LogP contribution in [0.4, 0.5) is 5.82 Å². The van der Waals surface area contributed by atoms with Crippen molar-refractivity contribution in [3.63, 3.8) is 0 Å². The van der Waals surface area contributed by atoms with Crippen LogP contribution < -0.4 is 10.2 Å². The summed E-state index contributed by atoms with van der Waals surface area (Å²) in [5.41, 5.74) is 1.55. The van der Waals surface area contributed by atoms with Gasteiger partial charge in [0.1, 0.15) is 5.82 Å². The van der Waals surface area contributed by atoms with Crippen LogP contribution in [0.3, 0.4) is 0 Å². The molecule has 0 spiro atoms. The van der Waals surface area contributed by atoms with Gasteiger partial charge in [-0.1, -0.05) is 30.8 Å². The summed E-state index contributed by atoms with van der Waals surface area (Å²) in [6, 6.07) is 7.73. The van der Waals surface area contributed by atoms with Gasteiger partial charge < -0.3 is 10.2 Å². The molecule has 1 aliphatic rings. The number of nitrogens with one attached hydrogen (secondary N) is 1. The number of hydrogen-bond donors (Lipinski definition) is 1. The van der Waals surface area contributed by atoms with E-state index < -0.39 is 0 Å². The number of thioether (sulfide) groups is 2. The Hall–Kier alpha value is -2.26.